The third-order valence-corrected chi connectivity index (χ3v) is 8.99. The van der Waals surface area contributed by atoms with E-state index in [1.165, 1.54) is 5.56 Å². The molecule has 0 spiro atoms. The van der Waals surface area contributed by atoms with Crippen molar-refractivity contribution >= 4 is 17.7 Å². The van der Waals surface area contributed by atoms with Crippen molar-refractivity contribution in [2.24, 2.45) is 11.7 Å². The number of nitrogens with zero attached hydrogens (tertiary/aromatic N) is 3. The maximum Gasteiger partial charge on any atom is 0.339 e. The van der Waals surface area contributed by atoms with Gasteiger partial charge in [-0.15, -0.1) is 0 Å². The number of carbonyl (C=O) groups excluding carboxylic acids is 2. The van der Waals surface area contributed by atoms with Crippen LogP contribution < -0.4 is 15.4 Å². The molecule has 3 aromatic rings. The fraction of sp³-hybridized carbons (Fsp3) is 0.424. The highest BCUT2D eigenvalue weighted by Crippen LogP contribution is 2.38. The fourth-order valence-electron chi connectivity index (χ4n) is 6.36. The average molecular weight is 555 g/mol. The van der Waals surface area contributed by atoms with Crippen molar-refractivity contribution in [1.82, 2.24) is 9.88 Å². The number of pyridine rings is 1. The SMILES string of the molecule is NC(=O)C1(OC(=O)c2ccc(-c3ccccc3)cc2)CCC(CCN2CCN(c3nccc4c3OCC4)CC2)CC1. The van der Waals surface area contributed by atoms with E-state index in [1.807, 2.05) is 48.7 Å². The van der Waals surface area contributed by atoms with E-state index in [2.05, 4.69) is 20.9 Å². The van der Waals surface area contributed by atoms with Crippen LogP contribution in [0.3, 0.4) is 0 Å². The number of rotatable bonds is 8. The Kier molecular flexibility index (Phi) is 7.92. The normalized spacial score (nSPS) is 22.5. The number of hydrogen-bond donors (Lipinski definition) is 1. The van der Waals surface area contributed by atoms with Gasteiger partial charge in [0, 0.05) is 44.4 Å². The molecule has 8 heteroatoms. The number of hydrogen-bond acceptors (Lipinski definition) is 7. The van der Waals surface area contributed by atoms with Crippen LogP contribution in [-0.2, 0) is 16.0 Å². The van der Waals surface area contributed by atoms with E-state index in [9.17, 15) is 9.59 Å². The molecule has 1 aromatic heterocycles. The average Bonchev–Trinajstić information content (AvgIpc) is 3.51. The molecule has 1 saturated carbocycles. The van der Waals surface area contributed by atoms with Crippen LogP contribution in [-0.4, -0.2) is 66.7 Å². The number of aromatic nitrogens is 1. The first-order chi connectivity index (χ1) is 20.0. The van der Waals surface area contributed by atoms with E-state index in [1.54, 1.807) is 12.1 Å². The summed E-state index contributed by atoms with van der Waals surface area (Å²) < 4.78 is 11.7. The van der Waals surface area contributed by atoms with Crippen LogP contribution in [0.4, 0.5) is 5.82 Å². The number of piperazine rings is 1. The second-order valence-corrected chi connectivity index (χ2v) is 11.5. The quantitative estimate of drug-likeness (QED) is 0.411. The molecule has 0 radical (unpaired) electrons. The highest BCUT2D eigenvalue weighted by Gasteiger charge is 2.44. The van der Waals surface area contributed by atoms with Gasteiger partial charge in [0.2, 0.25) is 0 Å². The monoisotopic (exact) mass is 554 g/mol. The summed E-state index contributed by atoms with van der Waals surface area (Å²) in [5.41, 5.74) is 8.36. The topological polar surface area (TPSA) is 98.0 Å². The van der Waals surface area contributed by atoms with Crippen molar-refractivity contribution in [3.63, 3.8) is 0 Å². The molecule has 1 aliphatic carbocycles. The highest BCUT2D eigenvalue weighted by molar-refractivity contribution is 5.94. The van der Waals surface area contributed by atoms with E-state index >= 15 is 0 Å². The van der Waals surface area contributed by atoms with Gasteiger partial charge in [0.15, 0.2) is 17.2 Å². The Hall–Kier alpha value is -3.91. The molecule has 3 aliphatic rings. The number of amides is 1. The van der Waals surface area contributed by atoms with E-state index in [-0.39, 0.29) is 0 Å². The minimum absolute atomic E-state index is 0.425. The Balaban J connectivity index is 0.980. The van der Waals surface area contributed by atoms with E-state index < -0.39 is 17.5 Å². The molecule has 0 atom stereocenters. The summed E-state index contributed by atoms with van der Waals surface area (Å²) in [6.07, 6.45) is 6.50. The van der Waals surface area contributed by atoms with E-state index in [0.29, 0.717) is 24.3 Å². The van der Waals surface area contributed by atoms with Crippen molar-refractivity contribution in [2.75, 3.05) is 44.2 Å². The lowest BCUT2D eigenvalue weighted by molar-refractivity contribution is -0.142. The lowest BCUT2D eigenvalue weighted by Crippen LogP contribution is -2.50. The van der Waals surface area contributed by atoms with Gasteiger partial charge in [-0.2, -0.15) is 0 Å². The second-order valence-electron chi connectivity index (χ2n) is 11.5. The Bertz CT molecular complexity index is 1360. The minimum atomic E-state index is -1.23. The molecule has 41 heavy (non-hydrogen) atoms. The number of carbonyl (C=O) groups is 2. The maximum absolute atomic E-state index is 13.0. The van der Waals surface area contributed by atoms with Crippen LogP contribution in [0.25, 0.3) is 11.1 Å². The second kappa shape index (κ2) is 11.9. The molecule has 3 heterocycles. The number of nitrogens with two attached hydrogens (primary N) is 1. The number of benzene rings is 2. The van der Waals surface area contributed by atoms with Crippen molar-refractivity contribution in [2.45, 2.75) is 44.1 Å². The molecule has 0 bridgehead atoms. The number of fused-ring (bicyclic) bond motifs is 1. The molecule has 6 rings (SSSR count). The van der Waals surface area contributed by atoms with Crippen LogP contribution >= 0.6 is 0 Å². The predicted octanol–water partition coefficient (Wildman–Crippen LogP) is 4.47. The largest absolute Gasteiger partial charge is 0.489 e. The summed E-state index contributed by atoms with van der Waals surface area (Å²) in [5.74, 6) is 1.38. The number of esters is 1. The smallest absolute Gasteiger partial charge is 0.339 e. The van der Waals surface area contributed by atoms with Gasteiger partial charge in [-0.25, -0.2) is 9.78 Å². The zero-order valence-electron chi connectivity index (χ0n) is 23.5. The van der Waals surface area contributed by atoms with Gasteiger partial charge in [-0.3, -0.25) is 9.69 Å². The number of primary amides is 1. The third kappa shape index (κ3) is 5.93. The lowest BCUT2D eigenvalue weighted by Gasteiger charge is -2.39. The standard InChI is InChI=1S/C33H38N4O4/c34-32(39)33(41-31(38)28-8-6-26(7-9-28)25-4-2-1-3-5-25)15-10-24(11-16-33)13-18-36-19-21-37(22-20-36)30-29-27(12-17-35-30)14-23-40-29/h1-9,12,17,24H,10-11,13-16,18-23H2,(H2,34,39). The van der Waals surface area contributed by atoms with Crippen molar-refractivity contribution in [3.05, 3.63) is 78.0 Å². The Morgan fingerprint density at radius 2 is 1.66 bits per heavy atom. The van der Waals surface area contributed by atoms with Crippen LogP contribution in [0.5, 0.6) is 5.75 Å². The molecule has 1 amide bonds. The number of anilines is 1. The van der Waals surface area contributed by atoms with Gasteiger partial charge in [-0.05, 0) is 73.9 Å². The van der Waals surface area contributed by atoms with Crippen molar-refractivity contribution in [3.8, 4) is 16.9 Å². The van der Waals surface area contributed by atoms with E-state index in [0.717, 1.165) is 87.7 Å². The van der Waals surface area contributed by atoms with Crippen LogP contribution in [0.1, 0.15) is 48.0 Å². The molecule has 2 N–H and O–H groups in total. The summed E-state index contributed by atoms with van der Waals surface area (Å²) in [4.78, 5) is 35.0. The molecule has 214 valence electrons. The van der Waals surface area contributed by atoms with Crippen LogP contribution in [0, 0.1) is 5.92 Å². The molecule has 2 aromatic carbocycles. The van der Waals surface area contributed by atoms with Gasteiger partial charge >= 0.3 is 5.97 Å². The minimum Gasteiger partial charge on any atom is -0.489 e. The third-order valence-electron chi connectivity index (χ3n) is 8.99. The first-order valence-electron chi connectivity index (χ1n) is 14.8. The first kappa shape index (κ1) is 27.3. The first-order valence-corrected chi connectivity index (χ1v) is 14.8. The molecule has 0 unspecified atom stereocenters. The summed E-state index contributed by atoms with van der Waals surface area (Å²) in [5, 5.41) is 0. The maximum atomic E-state index is 13.0. The van der Waals surface area contributed by atoms with Gasteiger partial charge in [0.1, 0.15) is 0 Å². The summed E-state index contributed by atoms with van der Waals surface area (Å²) in [6, 6.07) is 19.3. The van der Waals surface area contributed by atoms with Gasteiger partial charge in [-0.1, -0.05) is 42.5 Å². The predicted molar refractivity (Wildman–Crippen MR) is 158 cm³/mol. The Morgan fingerprint density at radius 1 is 0.951 bits per heavy atom. The van der Waals surface area contributed by atoms with Crippen LogP contribution in [0.2, 0.25) is 0 Å². The summed E-state index contributed by atoms with van der Waals surface area (Å²) in [6.45, 7) is 5.61. The number of ether oxygens (including phenoxy) is 2. The van der Waals surface area contributed by atoms with Crippen molar-refractivity contribution < 1.29 is 19.1 Å². The van der Waals surface area contributed by atoms with Crippen LogP contribution in [0.15, 0.2) is 66.9 Å². The fourth-order valence-corrected chi connectivity index (χ4v) is 6.36. The molecular formula is C33H38N4O4. The molecule has 8 nitrogen and oxygen atoms in total. The zero-order valence-corrected chi connectivity index (χ0v) is 23.5. The highest BCUT2D eigenvalue weighted by atomic mass is 16.6. The Morgan fingerprint density at radius 3 is 2.37 bits per heavy atom. The molecule has 1 saturated heterocycles. The van der Waals surface area contributed by atoms with Crippen molar-refractivity contribution in [1.29, 1.82) is 0 Å². The van der Waals surface area contributed by atoms with Gasteiger partial charge in [0.25, 0.3) is 5.91 Å². The molecular weight excluding hydrogens is 516 g/mol. The van der Waals surface area contributed by atoms with E-state index in [4.69, 9.17) is 15.2 Å². The van der Waals surface area contributed by atoms with Gasteiger partial charge < -0.3 is 20.1 Å². The van der Waals surface area contributed by atoms with Gasteiger partial charge in [0.05, 0.1) is 12.2 Å². The zero-order chi connectivity index (χ0) is 28.2. The Labute approximate surface area is 241 Å². The molecule has 2 aliphatic heterocycles. The summed E-state index contributed by atoms with van der Waals surface area (Å²) in [7, 11) is 0. The summed E-state index contributed by atoms with van der Waals surface area (Å²) >= 11 is 0. The lowest BCUT2D eigenvalue weighted by atomic mass is 9.77. The molecule has 2 fully saturated rings.